The lowest BCUT2D eigenvalue weighted by Gasteiger charge is -2.48. The van der Waals surface area contributed by atoms with Gasteiger partial charge < -0.3 is 19.7 Å². The first-order chi connectivity index (χ1) is 15.2. The molecule has 0 saturated carbocycles. The topological polar surface area (TPSA) is 67.9 Å². The maximum absolute atomic E-state index is 12.8. The van der Waals surface area contributed by atoms with Gasteiger partial charge in [-0.25, -0.2) is 9.59 Å². The van der Waals surface area contributed by atoms with Crippen molar-refractivity contribution in [2.24, 2.45) is 5.92 Å². The molecule has 2 bridgehead atoms. The van der Waals surface area contributed by atoms with Crippen LogP contribution in [0.3, 0.4) is 0 Å². The predicted octanol–water partition coefficient (Wildman–Crippen LogP) is 4.88. The van der Waals surface area contributed by atoms with E-state index in [0.717, 1.165) is 43.2 Å². The van der Waals surface area contributed by atoms with Gasteiger partial charge in [0, 0.05) is 18.6 Å². The van der Waals surface area contributed by atoms with Gasteiger partial charge in [-0.15, -0.1) is 0 Å². The number of hydrogen-bond donors (Lipinski definition) is 1. The molecule has 6 heteroatoms. The first kappa shape index (κ1) is 21.2. The lowest BCUT2D eigenvalue weighted by molar-refractivity contribution is 0.00315. The molecule has 0 aliphatic carbocycles. The number of alkyl carbamates (subject to hydrolysis) is 1. The van der Waals surface area contributed by atoms with Crippen LogP contribution in [0.4, 0.5) is 9.59 Å². The molecule has 6 nitrogen and oxygen atoms in total. The van der Waals surface area contributed by atoms with Gasteiger partial charge in [0.2, 0.25) is 0 Å². The van der Waals surface area contributed by atoms with Crippen molar-refractivity contribution in [3.63, 3.8) is 0 Å². The third-order valence-corrected chi connectivity index (χ3v) is 6.24. The second-order valence-corrected chi connectivity index (χ2v) is 8.47. The molecule has 2 aromatic carbocycles. The van der Waals surface area contributed by atoms with E-state index in [1.165, 1.54) is 0 Å². The van der Waals surface area contributed by atoms with Gasteiger partial charge in [-0.2, -0.15) is 0 Å². The van der Waals surface area contributed by atoms with E-state index in [-0.39, 0.29) is 24.8 Å². The second-order valence-electron chi connectivity index (χ2n) is 8.47. The van der Waals surface area contributed by atoms with E-state index in [2.05, 4.69) is 5.32 Å². The minimum atomic E-state index is -0.390. The highest BCUT2D eigenvalue weighted by Gasteiger charge is 2.41. The average Bonchev–Trinajstić information content (AvgIpc) is 2.80. The van der Waals surface area contributed by atoms with Crippen molar-refractivity contribution in [2.45, 2.75) is 57.4 Å². The quantitative estimate of drug-likeness (QED) is 0.720. The van der Waals surface area contributed by atoms with E-state index in [0.29, 0.717) is 19.1 Å². The Morgan fingerprint density at radius 1 is 0.839 bits per heavy atom. The fourth-order valence-corrected chi connectivity index (χ4v) is 4.75. The fraction of sp³-hybridized carbons (Fsp3) is 0.440. The summed E-state index contributed by atoms with van der Waals surface area (Å²) in [5.41, 5.74) is 1.96. The molecule has 0 spiro atoms. The highest BCUT2D eigenvalue weighted by molar-refractivity contribution is 5.69. The first-order valence-corrected chi connectivity index (χ1v) is 11.1. The normalized spacial score (nSPS) is 22.5. The Balaban J connectivity index is 1.24. The Bertz CT molecular complexity index is 844. The third-order valence-electron chi connectivity index (χ3n) is 6.24. The van der Waals surface area contributed by atoms with E-state index in [9.17, 15) is 9.59 Å². The van der Waals surface area contributed by atoms with E-state index in [4.69, 9.17) is 9.47 Å². The molecule has 31 heavy (non-hydrogen) atoms. The van der Waals surface area contributed by atoms with Gasteiger partial charge in [-0.3, -0.25) is 0 Å². The van der Waals surface area contributed by atoms with Crippen molar-refractivity contribution in [2.75, 3.05) is 6.54 Å². The molecular formula is C25H30N2O4. The average molecular weight is 423 g/mol. The van der Waals surface area contributed by atoms with Crippen LogP contribution >= 0.6 is 0 Å². The Kier molecular flexibility index (Phi) is 7.07. The summed E-state index contributed by atoms with van der Waals surface area (Å²) in [4.78, 5) is 26.8. The molecule has 0 radical (unpaired) electrons. The molecule has 164 valence electrons. The lowest BCUT2D eigenvalue weighted by atomic mass is 9.78. The van der Waals surface area contributed by atoms with Crippen LogP contribution in [0.2, 0.25) is 0 Å². The minimum absolute atomic E-state index is 0.183. The van der Waals surface area contributed by atoms with Gasteiger partial charge in [0.15, 0.2) is 0 Å². The standard InChI is InChI=1S/C25H30N2O4/c28-24(30-17-19-8-3-1-4-9-19)26-16-21-14-22-12-7-13-23(15-21)27(22)25(29)31-18-20-10-5-2-6-11-20/h1-6,8-11,21-23H,7,12-18H2,(H,26,28). The molecule has 2 amide bonds. The minimum Gasteiger partial charge on any atom is -0.445 e. The summed E-state index contributed by atoms with van der Waals surface area (Å²) in [6.45, 7) is 1.14. The van der Waals surface area contributed by atoms with Crippen LogP contribution in [-0.2, 0) is 22.7 Å². The summed E-state index contributed by atoms with van der Waals surface area (Å²) in [5.74, 6) is 0.345. The number of ether oxygens (including phenoxy) is 2. The number of fused-ring (bicyclic) bond motifs is 2. The van der Waals surface area contributed by atoms with Crippen molar-refractivity contribution in [1.82, 2.24) is 10.2 Å². The summed E-state index contributed by atoms with van der Waals surface area (Å²) >= 11 is 0. The maximum Gasteiger partial charge on any atom is 0.410 e. The fourth-order valence-electron chi connectivity index (χ4n) is 4.75. The van der Waals surface area contributed by atoms with Gasteiger partial charge in [0.05, 0.1) is 0 Å². The molecule has 0 aromatic heterocycles. The zero-order chi connectivity index (χ0) is 21.5. The molecule has 2 aliphatic heterocycles. The molecule has 2 saturated heterocycles. The van der Waals surface area contributed by atoms with E-state index >= 15 is 0 Å². The van der Waals surface area contributed by atoms with Gasteiger partial charge in [0.25, 0.3) is 0 Å². The zero-order valence-corrected chi connectivity index (χ0v) is 17.7. The predicted molar refractivity (Wildman–Crippen MR) is 117 cm³/mol. The van der Waals surface area contributed by atoms with E-state index in [1.54, 1.807) is 0 Å². The molecule has 1 N–H and O–H groups in total. The Labute approximate surface area is 183 Å². The highest BCUT2D eigenvalue weighted by Crippen LogP contribution is 2.37. The SMILES string of the molecule is O=C(NCC1CC2CCCC(C1)N2C(=O)OCc1ccccc1)OCc1ccccc1. The Morgan fingerprint density at radius 2 is 1.39 bits per heavy atom. The molecule has 4 rings (SSSR count). The van der Waals surface area contributed by atoms with Crippen LogP contribution in [0.15, 0.2) is 60.7 Å². The van der Waals surface area contributed by atoms with Crippen molar-refractivity contribution in [3.05, 3.63) is 71.8 Å². The summed E-state index contributed by atoms with van der Waals surface area (Å²) in [5, 5.41) is 2.91. The molecule has 2 aromatic rings. The van der Waals surface area contributed by atoms with Crippen LogP contribution in [0.5, 0.6) is 0 Å². The Hall–Kier alpha value is -3.02. The van der Waals surface area contributed by atoms with Crippen LogP contribution in [0.1, 0.15) is 43.2 Å². The summed E-state index contributed by atoms with van der Waals surface area (Å²) in [6.07, 6.45) is 4.28. The van der Waals surface area contributed by atoms with Crippen LogP contribution < -0.4 is 5.32 Å². The number of nitrogens with zero attached hydrogens (tertiary/aromatic N) is 1. The van der Waals surface area contributed by atoms with E-state index in [1.807, 2.05) is 65.6 Å². The van der Waals surface area contributed by atoms with Crippen molar-refractivity contribution in [1.29, 1.82) is 0 Å². The van der Waals surface area contributed by atoms with Gasteiger partial charge in [0.1, 0.15) is 13.2 Å². The smallest absolute Gasteiger partial charge is 0.410 e. The van der Waals surface area contributed by atoms with Crippen molar-refractivity contribution < 1.29 is 19.1 Å². The number of amides is 2. The number of nitrogens with one attached hydrogen (secondary N) is 1. The van der Waals surface area contributed by atoms with Gasteiger partial charge >= 0.3 is 12.2 Å². The number of rotatable bonds is 6. The van der Waals surface area contributed by atoms with Gasteiger partial charge in [-0.1, -0.05) is 60.7 Å². The molecule has 2 fully saturated rings. The second kappa shape index (κ2) is 10.3. The van der Waals surface area contributed by atoms with E-state index < -0.39 is 6.09 Å². The molecular weight excluding hydrogens is 392 g/mol. The highest BCUT2D eigenvalue weighted by atomic mass is 16.6. The van der Waals surface area contributed by atoms with Crippen LogP contribution in [-0.4, -0.2) is 35.7 Å². The van der Waals surface area contributed by atoms with Crippen LogP contribution in [0, 0.1) is 5.92 Å². The molecule has 2 heterocycles. The lowest BCUT2D eigenvalue weighted by Crippen LogP contribution is -2.56. The molecule has 2 aliphatic rings. The number of piperidine rings is 2. The van der Waals surface area contributed by atoms with Crippen LogP contribution in [0.25, 0.3) is 0 Å². The summed E-state index contributed by atoms with van der Waals surface area (Å²) in [7, 11) is 0. The molecule has 2 unspecified atom stereocenters. The van der Waals surface area contributed by atoms with Crippen molar-refractivity contribution >= 4 is 12.2 Å². The van der Waals surface area contributed by atoms with Gasteiger partial charge in [-0.05, 0) is 49.1 Å². The summed E-state index contributed by atoms with van der Waals surface area (Å²) < 4.78 is 10.9. The number of carbonyl (C=O) groups excluding carboxylic acids is 2. The number of carbonyl (C=O) groups is 2. The number of hydrogen-bond acceptors (Lipinski definition) is 4. The number of benzene rings is 2. The molecule has 2 atom stereocenters. The zero-order valence-electron chi connectivity index (χ0n) is 17.7. The monoisotopic (exact) mass is 422 g/mol. The third kappa shape index (κ3) is 5.78. The maximum atomic E-state index is 12.8. The summed E-state index contributed by atoms with van der Waals surface area (Å²) in [6, 6.07) is 19.8. The van der Waals surface area contributed by atoms with Crippen molar-refractivity contribution in [3.8, 4) is 0 Å². The first-order valence-electron chi connectivity index (χ1n) is 11.1. The largest absolute Gasteiger partial charge is 0.445 e. The Morgan fingerprint density at radius 3 is 1.97 bits per heavy atom.